The van der Waals surface area contributed by atoms with E-state index >= 15 is 0 Å². The highest BCUT2D eigenvalue weighted by molar-refractivity contribution is 7.99. The SMILES string of the molecule is CCNC(CCC1CC1)CSc1ccc(Cl)cc1. The van der Waals surface area contributed by atoms with Gasteiger partial charge in [-0.05, 0) is 49.6 Å². The van der Waals surface area contributed by atoms with Crippen LogP contribution in [0.25, 0.3) is 0 Å². The lowest BCUT2D eigenvalue weighted by Crippen LogP contribution is -2.31. The first kappa shape index (κ1) is 14.2. The number of halogens is 1. The summed E-state index contributed by atoms with van der Waals surface area (Å²) in [6.07, 6.45) is 5.64. The van der Waals surface area contributed by atoms with Crippen molar-refractivity contribution < 1.29 is 0 Å². The van der Waals surface area contributed by atoms with Gasteiger partial charge in [-0.2, -0.15) is 0 Å². The number of nitrogens with one attached hydrogen (secondary N) is 1. The van der Waals surface area contributed by atoms with Crippen molar-refractivity contribution in [2.75, 3.05) is 12.3 Å². The van der Waals surface area contributed by atoms with Crippen LogP contribution in [-0.2, 0) is 0 Å². The molecule has 0 aliphatic heterocycles. The van der Waals surface area contributed by atoms with Gasteiger partial charge in [-0.25, -0.2) is 0 Å². The summed E-state index contributed by atoms with van der Waals surface area (Å²) in [6.45, 7) is 3.26. The summed E-state index contributed by atoms with van der Waals surface area (Å²) in [7, 11) is 0. The van der Waals surface area contributed by atoms with Crippen LogP contribution in [0.1, 0.15) is 32.6 Å². The molecular weight excluding hydrogens is 262 g/mol. The monoisotopic (exact) mass is 283 g/mol. The molecule has 18 heavy (non-hydrogen) atoms. The molecule has 1 saturated carbocycles. The number of hydrogen-bond acceptors (Lipinski definition) is 2. The molecule has 0 aromatic heterocycles. The predicted molar refractivity (Wildman–Crippen MR) is 81.6 cm³/mol. The summed E-state index contributed by atoms with van der Waals surface area (Å²) in [4.78, 5) is 1.31. The number of benzene rings is 1. The van der Waals surface area contributed by atoms with Gasteiger partial charge >= 0.3 is 0 Å². The minimum atomic E-state index is 0.649. The van der Waals surface area contributed by atoms with Gasteiger partial charge < -0.3 is 5.32 Å². The highest BCUT2D eigenvalue weighted by Crippen LogP contribution is 2.34. The third-order valence-electron chi connectivity index (χ3n) is 3.38. The van der Waals surface area contributed by atoms with Crippen LogP contribution < -0.4 is 5.32 Å². The largest absolute Gasteiger partial charge is 0.313 e. The average Bonchev–Trinajstić information content (AvgIpc) is 3.19. The second-order valence-electron chi connectivity index (χ2n) is 5.04. The Balaban J connectivity index is 1.74. The molecular formula is C15H22ClNS. The van der Waals surface area contributed by atoms with Crippen LogP contribution in [0.2, 0.25) is 5.02 Å². The summed E-state index contributed by atoms with van der Waals surface area (Å²) in [6, 6.07) is 8.80. The highest BCUT2D eigenvalue weighted by Gasteiger charge is 2.22. The first-order valence-corrected chi connectivity index (χ1v) is 8.26. The van der Waals surface area contributed by atoms with E-state index in [9.17, 15) is 0 Å². The summed E-state index contributed by atoms with van der Waals surface area (Å²) in [5.74, 6) is 2.19. The quantitative estimate of drug-likeness (QED) is 0.700. The standard InChI is InChI=1S/C15H22ClNS/c1-2-17-14(8-5-12-3-4-12)11-18-15-9-6-13(16)7-10-15/h6-7,9-10,12,14,17H,2-5,8,11H2,1H3. The third kappa shape index (κ3) is 5.21. The van der Waals surface area contributed by atoms with E-state index in [0.29, 0.717) is 6.04 Å². The Bertz CT molecular complexity index is 348. The zero-order valence-electron chi connectivity index (χ0n) is 11.0. The smallest absolute Gasteiger partial charge is 0.0406 e. The Labute approximate surface area is 120 Å². The van der Waals surface area contributed by atoms with Crippen molar-refractivity contribution in [3.63, 3.8) is 0 Å². The van der Waals surface area contributed by atoms with Crippen molar-refractivity contribution in [3.8, 4) is 0 Å². The van der Waals surface area contributed by atoms with Gasteiger partial charge in [0.1, 0.15) is 0 Å². The molecule has 0 bridgehead atoms. The maximum Gasteiger partial charge on any atom is 0.0406 e. The summed E-state index contributed by atoms with van der Waals surface area (Å²) in [5, 5.41) is 4.42. The lowest BCUT2D eigenvalue weighted by Gasteiger charge is -2.17. The molecule has 1 aromatic rings. The zero-order chi connectivity index (χ0) is 12.8. The molecule has 1 unspecified atom stereocenters. The maximum atomic E-state index is 5.89. The first-order chi connectivity index (χ1) is 8.78. The predicted octanol–water partition coefficient (Wildman–Crippen LogP) is 4.60. The van der Waals surface area contributed by atoms with Crippen molar-refractivity contribution in [1.82, 2.24) is 5.32 Å². The van der Waals surface area contributed by atoms with Crippen LogP contribution in [0.3, 0.4) is 0 Å². The maximum absolute atomic E-state index is 5.89. The Morgan fingerprint density at radius 1 is 1.33 bits per heavy atom. The first-order valence-electron chi connectivity index (χ1n) is 6.89. The summed E-state index contributed by atoms with van der Waals surface area (Å²) in [5.41, 5.74) is 0. The highest BCUT2D eigenvalue weighted by atomic mass is 35.5. The van der Waals surface area contributed by atoms with Gasteiger partial charge in [-0.1, -0.05) is 31.4 Å². The van der Waals surface area contributed by atoms with Gasteiger partial charge in [0.15, 0.2) is 0 Å². The summed E-state index contributed by atoms with van der Waals surface area (Å²) < 4.78 is 0. The Morgan fingerprint density at radius 3 is 2.67 bits per heavy atom. The van der Waals surface area contributed by atoms with E-state index in [1.54, 1.807) is 0 Å². The van der Waals surface area contributed by atoms with Gasteiger partial charge in [0.2, 0.25) is 0 Å². The van der Waals surface area contributed by atoms with Gasteiger partial charge in [0, 0.05) is 21.7 Å². The Morgan fingerprint density at radius 2 is 2.06 bits per heavy atom. The van der Waals surface area contributed by atoms with Crippen LogP contribution in [0.15, 0.2) is 29.2 Å². The van der Waals surface area contributed by atoms with Gasteiger partial charge in [-0.3, -0.25) is 0 Å². The molecule has 1 aliphatic rings. The molecule has 1 atom stereocenters. The fourth-order valence-electron chi connectivity index (χ4n) is 2.10. The minimum absolute atomic E-state index is 0.649. The average molecular weight is 284 g/mol. The van der Waals surface area contributed by atoms with E-state index in [1.807, 2.05) is 23.9 Å². The van der Waals surface area contributed by atoms with Crippen molar-refractivity contribution in [2.45, 2.75) is 43.5 Å². The molecule has 0 spiro atoms. The van der Waals surface area contributed by atoms with Crippen molar-refractivity contribution in [3.05, 3.63) is 29.3 Å². The van der Waals surface area contributed by atoms with E-state index in [-0.39, 0.29) is 0 Å². The fraction of sp³-hybridized carbons (Fsp3) is 0.600. The molecule has 1 nitrogen and oxygen atoms in total. The van der Waals surface area contributed by atoms with E-state index < -0.39 is 0 Å². The van der Waals surface area contributed by atoms with E-state index in [1.165, 1.54) is 30.6 Å². The molecule has 100 valence electrons. The molecule has 1 aliphatic carbocycles. The van der Waals surface area contributed by atoms with Crippen LogP contribution in [-0.4, -0.2) is 18.3 Å². The second kappa shape index (κ2) is 7.42. The lowest BCUT2D eigenvalue weighted by atomic mass is 10.1. The normalized spacial score (nSPS) is 16.8. The van der Waals surface area contributed by atoms with Crippen molar-refractivity contribution in [1.29, 1.82) is 0 Å². The van der Waals surface area contributed by atoms with Crippen LogP contribution in [0.5, 0.6) is 0 Å². The van der Waals surface area contributed by atoms with Gasteiger partial charge in [-0.15, -0.1) is 11.8 Å². The molecule has 0 saturated heterocycles. The Kier molecular flexibility index (Phi) is 5.87. The third-order valence-corrected chi connectivity index (χ3v) is 4.80. The molecule has 1 fully saturated rings. The number of rotatable bonds is 8. The van der Waals surface area contributed by atoms with Crippen molar-refractivity contribution >= 4 is 23.4 Å². The zero-order valence-corrected chi connectivity index (χ0v) is 12.6. The molecule has 1 N–H and O–H groups in total. The van der Waals surface area contributed by atoms with E-state index in [4.69, 9.17) is 11.6 Å². The van der Waals surface area contributed by atoms with Crippen LogP contribution >= 0.6 is 23.4 Å². The molecule has 0 amide bonds. The second-order valence-corrected chi connectivity index (χ2v) is 6.57. The van der Waals surface area contributed by atoms with E-state index in [0.717, 1.165) is 23.2 Å². The van der Waals surface area contributed by atoms with Gasteiger partial charge in [0.25, 0.3) is 0 Å². The summed E-state index contributed by atoms with van der Waals surface area (Å²) >= 11 is 7.82. The van der Waals surface area contributed by atoms with E-state index in [2.05, 4.69) is 24.4 Å². The lowest BCUT2D eigenvalue weighted by molar-refractivity contribution is 0.501. The number of hydrogen-bond donors (Lipinski definition) is 1. The number of thioether (sulfide) groups is 1. The van der Waals surface area contributed by atoms with Crippen molar-refractivity contribution in [2.24, 2.45) is 5.92 Å². The van der Waals surface area contributed by atoms with Crippen LogP contribution in [0.4, 0.5) is 0 Å². The molecule has 1 aromatic carbocycles. The Hall–Kier alpha value is -0.180. The molecule has 0 heterocycles. The molecule has 3 heteroatoms. The van der Waals surface area contributed by atoms with Gasteiger partial charge in [0.05, 0.1) is 0 Å². The fourth-order valence-corrected chi connectivity index (χ4v) is 3.24. The topological polar surface area (TPSA) is 12.0 Å². The van der Waals surface area contributed by atoms with Crippen LogP contribution in [0, 0.1) is 5.92 Å². The minimum Gasteiger partial charge on any atom is -0.313 e. The molecule has 2 rings (SSSR count). The molecule has 0 radical (unpaired) electrons.